The van der Waals surface area contributed by atoms with Crippen LogP contribution in [-0.4, -0.2) is 11.0 Å². The molecule has 1 aromatic carbocycles. The van der Waals surface area contributed by atoms with Crippen molar-refractivity contribution in [2.24, 2.45) is 5.92 Å². The van der Waals surface area contributed by atoms with Crippen molar-refractivity contribution in [2.45, 2.75) is 12.5 Å². The van der Waals surface area contributed by atoms with Gasteiger partial charge in [-0.3, -0.25) is 0 Å². The van der Waals surface area contributed by atoms with Crippen molar-refractivity contribution in [3.63, 3.8) is 0 Å². The van der Waals surface area contributed by atoms with Gasteiger partial charge in [-0.1, -0.05) is 29.3 Å². The highest BCUT2D eigenvalue weighted by atomic mass is 35.5. The second kappa shape index (κ2) is 5.29. The second-order valence-corrected chi connectivity index (χ2v) is 4.68. The summed E-state index contributed by atoms with van der Waals surface area (Å²) in [6.07, 6.45) is 5.31. The summed E-state index contributed by atoms with van der Waals surface area (Å²) in [4.78, 5) is 0. The summed E-state index contributed by atoms with van der Waals surface area (Å²) in [6, 6.07) is 4.84. The van der Waals surface area contributed by atoms with Crippen LogP contribution in [0.1, 0.15) is 12.5 Å². The minimum Gasteiger partial charge on any atom is -0.383 e. The average Bonchev–Trinajstić information content (AvgIpc) is 2.27. The maximum Gasteiger partial charge on any atom is 0.118 e. The van der Waals surface area contributed by atoms with Crippen LogP contribution >= 0.6 is 34.8 Å². The van der Waals surface area contributed by atoms with Crippen LogP contribution in [-0.2, 0) is 5.60 Å². The molecule has 0 aliphatic carbocycles. The summed E-state index contributed by atoms with van der Waals surface area (Å²) >= 11 is 17.6. The number of hydrogen-bond acceptors (Lipinski definition) is 1. The molecule has 1 N–H and O–H groups in total. The van der Waals surface area contributed by atoms with Crippen molar-refractivity contribution in [1.82, 2.24) is 0 Å². The Kier molecular flexibility index (Phi) is 4.52. The maximum absolute atomic E-state index is 10.4. The molecule has 0 saturated carbocycles. The number of alkyl halides is 1. The van der Waals surface area contributed by atoms with E-state index in [4.69, 9.17) is 41.2 Å². The van der Waals surface area contributed by atoms with E-state index in [0.29, 0.717) is 15.6 Å². The van der Waals surface area contributed by atoms with Gasteiger partial charge in [-0.15, -0.1) is 23.9 Å². The molecule has 0 unspecified atom stereocenters. The largest absolute Gasteiger partial charge is 0.383 e. The monoisotopic (exact) mass is 276 g/mol. The van der Waals surface area contributed by atoms with E-state index in [1.54, 1.807) is 25.1 Å². The summed E-state index contributed by atoms with van der Waals surface area (Å²) in [6.45, 7) is 1.72. The zero-order valence-electron chi connectivity index (χ0n) is 8.67. The molecular formula is C12H11Cl3O. The van der Waals surface area contributed by atoms with Gasteiger partial charge in [0.1, 0.15) is 5.60 Å². The lowest BCUT2D eigenvalue weighted by atomic mass is 9.84. The van der Waals surface area contributed by atoms with Crippen molar-refractivity contribution < 1.29 is 5.11 Å². The van der Waals surface area contributed by atoms with Gasteiger partial charge < -0.3 is 5.11 Å². The van der Waals surface area contributed by atoms with E-state index in [9.17, 15) is 5.11 Å². The molecule has 0 aliphatic rings. The standard InChI is InChI=1S/C12H11Cl3O/c1-3-8(2)12(16,7-13)10-5-4-9(14)6-11(10)15/h1,4-6,8,16H,7H2,2H3/t8-,12+/m0/s1. The van der Waals surface area contributed by atoms with E-state index in [0.717, 1.165) is 0 Å². The number of halogens is 3. The van der Waals surface area contributed by atoms with Crippen LogP contribution < -0.4 is 0 Å². The highest BCUT2D eigenvalue weighted by Crippen LogP contribution is 2.36. The van der Waals surface area contributed by atoms with E-state index in [1.807, 2.05) is 0 Å². The molecule has 0 aromatic heterocycles. The van der Waals surface area contributed by atoms with Crippen LogP contribution in [0.15, 0.2) is 18.2 Å². The van der Waals surface area contributed by atoms with Gasteiger partial charge in [0.25, 0.3) is 0 Å². The Morgan fingerprint density at radius 2 is 2.12 bits per heavy atom. The van der Waals surface area contributed by atoms with Crippen LogP contribution in [0.25, 0.3) is 0 Å². The van der Waals surface area contributed by atoms with Crippen LogP contribution in [0, 0.1) is 18.3 Å². The van der Waals surface area contributed by atoms with Gasteiger partial charge in [-0.2, -0.15) is 0 Å². The zero-order chi connectivity index (χ0) is 12.3. The van der Waals surface area contributed by atoms with Gasteiger partial charge in [0.15, 0.2) is 0 Å². The van der Waals surface area contributed by atoms with Crippen molar-refractivity contribution >= 4 is 34.8 Å². The third-order valence-corrected chi connectivity index (χ3v) is 3.52. The average molecular weight is 278 g/mol. The Labute approximate surface area is 110 Å². The smallest absolute Gasteiger partial charge is 0.118 e. The van der Waals surface area contributed by atoms with E-state index in [2.05, 4.69) is 5.92 Å². The predicted octanol–water partition coefficient (Wildman–Crippen LogP) is 3.69. The van der Waals surface area contributed by atoms with Gasteiger partial charge in [0.05, 0.1) is 11.8 Å². The molecule has 0 spiro atoms. The minimum atomic E-state index is -1.34. The third-order valence-electron chi connectivity index (χ3n) is 2.57. The summed E-state index contributed by atoms with van der Waals surface area (Å²) in [5, 5.41) is 11.3. The predicted molar refractivity (Wildman–Crippen MR) is 69.1 cm³/mol. The molecule has 2 atom stereocenters. The van der Waals surface area contributed by atoms with Gasteiger partial charge in [-0.25, -0.2) is 0 Å². The van der Waals surface area contributed by atoms with Gasteiger partial charge >= 0.3 is 0 Å². The lowest BCUT2D eigenvalue weighted by Gasteiger charge is -2.30. The molecule has 0 aliphatic heterocycles. The van der Waals surface area contributed by atoms with E-state index >= 15 is 0 Å². The molecule has 4 heteroatoms. The Balaban J connectivity index is 3.29. The molecule has 1 nitrogen and oxygen atoms in total. The SMILES string of the molecule is C#C[C@H](C)[C@](O)(CCl)c1ccc(Cl)cc1Cl. The van der Waals surface area contributed by atoms with E-state index < -0.39 is 11.5 Å². The fourth-order valence-electron chi connectivity index (χ4n) is 1.40. The van der Waals surface area contributed by atoms with Crippen LogP contribution in [0.4, 0.5) is 0 Å². The van der Waals surface area contributed by atoms with Crippen molar-refractivity contribution in [3.05, 3.63) is 33.8 Å². The molecule has 0 saturated heterocycles. The normalized spacial score (nSPS) is 16.2. The lowest BCUT2D eigenvalue weighted by molar-refractivity contribution is 0.0279. The topological polar surface area (TPSA) is 20.2 Å². The zero-order valence-corrected chi connectivity index (χ0v) is 10.9. The fourth-order valence-corrected chi connectivity index (χ4v) is 2.35. The van der Waals surface area contributed by atoms with E-state index in [-0.39, 0.29) is 5.88 Å². The Bertz CT molecular complexity index is 425. The van der Waals surface area contributed by atoms with Crippen LogP contribution in [0.2, 0.25) is 10.0 Å². The van der Waals surface area contributed by atoms with Gasteiger partial charge in [0, 0.05) is 15.6 Å². The quantitative estimate of drug-likeness (QED) is 0.660. The minimum absolute atomic E-state index is 0.0281. The summed E-state index contributed by atoms with van der Waals surface area (Å²) in [7, 11) is 0. The van der Waals surface area contributed by atoms with Crippen molar-refractivity contribution in [3.8, 4) is 12.3 Å². The second-order valence-electron chi connectivity index (χ2n) is 3.57. The number of rotatable bonds is 3. The molecule has 16 heavy (non-hydrogen) atoms. The highest BCUT2D eigenvalue weighted by Gasteiger charge is 2.35. The Hall–Kier alpha value is -0.390. The first-order valence-corrected chi connectivity index (χ1v) is 5.94. The van der Waals surface area contributed by atoms with Gasteiger partial charge in [-0.05, 0) is 19.1 Å². The number of terminal acetylenes is 1. The first-order chi connectivity index (χ1) is 7.45. The number of aliphatic hydroxyl groups is 1. The molecule has 0 bridgehead atoms. The fraction of sp³-hybridized carbons (Fsp3) is 0.333. The molecule has 1 aromatic rings. The Morgan fingerprint density at radius 3 is 2.56 bits per heavy atom. The molecule has 0 fully saturated rings. The summed E-state index contributed by atoms with van der Waals surface area (Å²) < 4.78 is 0. The third kappa shape index (κ3) is 2.47. The molecule has 0 radical (unpaired) electrons. The number of benzene rings is 1. The summed E-state index contributed by atoms with van der Waals surface area (Å²) in [5.74, 6) is 2.00. The molecule has 1 rings (SSSR count). The van der Waals surface area contributed by atoms with Crippen LogP contribution in [0.3, 0.4) is 0 Å². The van der Waals surface area contributed by atoms with Gasteiger partial charge in [0.2, 0.25) is 0 Å². The lowest BCUT2D eigenvalue weighted by Crippen LogP contribution is -2.35. The first-order valence-electron chi connectivity index (χ1n) is 4.65. The molecular weight excluding hydrogens is 266 g/mol. The number of hydrogen-bond donors (Lipinski definition) is 1. The van der Waals surface area contributed by atoms with Crippen molar-refractivity contribution in [1.29, 1.82) is 0 Å². The van der Waals surface area contributed by atoms with Crippen molar-refractivity contribution in [2.75, 3.05) is 5.88 Å². The first kappa shape index (κ1) is 13.7. The highest BCUT2D eigenvalue weighted by molar-refractivity contribution is 6.35. The Morgan fingerprint density at radius 1 is 1.50 bits per heavy atom. The maximum atomic E-state index is 10.4. The van der Waals surface area contributed by atoms with Crippen LogP contribution in [0.5, 0.6) is 0 Å². The molecule has 86 valence electrons. The molecule has 0 heterocycles. The summed E-state index contributed by atoms with van der Waals surface area (Å²) in [5.41, 5.74) is -0.836. The van der Waals surface area contributed by atoms with E-state index in [1.165, 1.54) is 0 Å². The molecule has 0 amide bonds.